The number of aromatic carboxylic acids is 1. The van der Waals surface area contributed by atoms with Crippen molar-refractivity contribution in [3.63, 3.8) is 0 Å². The number of pyridine rings is 2. The predicted molar refractivity (Wildman–Crippen MR) is 328 cm³/mol. The van der Waals surface area contributed by atoms with Crippen molar-refractivity contribution in [1.82, 2.24) is 25.1 Å². The molecule has 2 aliphatic heterocycles. The maximum atomic E-state index is 13.2. The van der Waals surface area contributed by atoms with E-state index in [1.165, 1.54) is 12.3 Å². The van der Waals surface area contributed by atoms with Gasteiger partial charge >= 0.3 is 18.2 Å². The monoisotopic (exact) mass is 1200 g/mol. The van der Waals surface area contributed by atoms with E-state index in [2.05, 4.69) is 85.3 Å². The number of halogens is 3. The zero-order chi connectivity index (χ0) is 60.2. The minimum absolute atomic E-state index is 0. The zero-order valence-corrected chi connectivity index (χ0v) is 51.8. The lowest BCUT2D eigenvalue weighted by Crippen LogP contribution is -2.74. The Kier molecular flexibility index (Phi) is 22.2. The van der Waals surface area contributed by atoms with E-state index in [1.54, 1.807) is 64.5 Å². The number of nitrogens with one attached hydrogen (secondary N) is 1. The molecule has 2 aromatic heterocycles. The summed E-state index contributed by atoms with van der Waals surface area (Å²) in [6, 6.07) is 17.0. The van der Waals surface area contributed by atoms with Crippen LogP contribution in [0.15, 0.2) is 73.1 Å². The molecule has 4 heterocycles. The first-order valence-corrected chi connectivity index (χ1v) is 27.7. The summed E-state index contributed by atoms with van der Waals surface area (Å²) in [6.45, 7) is 46.7. The van der Waals surface area contributed by atoms with E-state index in [1.807, 2.05) is 52.5 Å². The molecule has 4 aliphatic rings. The molecule has 8 rings (SSSR count). The van der Waals surface area contributed by atoms with Crippen LogP contribution in [0.25, 0.3) is 9.69 Å². The van der Waals surface area contributed by atoms with Gasteiger partial charge in [-0.15, -0.1) is 12.4 Å². The van der Waals surface area contributed by atoms with Crippen molar-refractivity contribution in [1.29, 1.82) is 0 Å². The molecule has 0 bridgehead atoms. The van der Waals surface area contributed by atoms with E-state index in [9.17, 15) is 19.2 Å². The van der Waals surface area contributed by atoms with Gasteiger partial charge in [-0.3, -0.25) is 4.79 Å². The Morgan fingerprint density at radius 3 is 1.29 bits per heavy atom. The van der Waals surface area contributed by atoms with Gasteiger partial charge in [-0.1, -0.05) is 98.2 Å². The fourth-order valence-electron chi connectivity index (χ4n) is 11.3. The van der Waals surface area contributed by atoms with Crippen LogP contribution in [-0.2, 0) is 9.47 Å². The van der Waals surface area contributed by atoms with Crippen LogP contribution in [0.1, 0.15) is 125 Å². The number of rotatable bonds is 9. The number of benzene rings is 2. The first-order valence-electron chi connectivity index (χ1n) is 27.0. The lowest BCUT2D eigenvalue weighted by Gasteiger charge is -2.63. The molecule has 3 amide bonds. The fraction of sp³-hybridized carbons (Fsp3) is 0.541. The lowest BCUT2D eigenvalue weighted by atomic mass is 9.49. The van der Waals surface area contributed by atoms with Gasteiger partial charge in [0.25, 0.3) is 5.91 Å². The van der Waals surface area contributed by atoms with Crippen LogP contribution >= 0.6 is 35.6 Å². The Morgan fingerprint density at radius 2 is 0.976 bits per heavy atom. The molecule has 19 nitrogen and oxygen atoms in total. The van der Waals surface area contributed by atoms with Gasteiger partial charge in [-0.05, 0) is 90.1 Å². The highest BCUT2D eigenvalue weighted by atomic mass is 35.5. The molecule has 2 aliphatic carbocycles. The minimum Gasteiger partial charge on any atom is -0.489 e. The third-order valence-corrected chi connectivity index (χ3v) is 15.8. The summed E-state index contributed by atoms with van der Waals surface area (Å²) < 4.78 is 23.2. The number of hydrogen-bond acceptors (Lipinski definition) is 13. The molecule has 4 aromatic rings. The average Bonchev–Trinajstić information content (AvgIpc) is 1.72. The van der Waals surface area contributed by atoms with Crippen molar-refractivity contribution < 1.29 is 43.2 Å². The minimum atomic E-state index is -0.992. The summed E-state index contributed by atoms with van der Waals surface area (Å²) in [5.74, 6) is 1.59. The molecular weight excluding hydrogens is 1120 g/mol. The fourth-order valence-corrected chi connectivity index (χ4v) is 11.8. The smallest absolute Gasteiger partial charge is 0.410 e. The molecule has 2 aromatic carbocycles. The second kappa shape index (κ2) is 26.9. The quantitative estimate of drug-likeness (QED) is 0.133. The summed E-state index contributed by atoms with van der Waals surface area (Å²) >= 11 is 12.2. The number of nitrogens with two attached hydrogens (primary N) is 1. The molecule has 2 saturated carbocycles. The van der Waals surface area contributed by atoms with Gasteiger partial charge in [0.05, 0.1) is 34.3 Å². The highest BCUT2D eigenvalue weighted by Crippen LogP contribution is 2.56. The average molecular weight is 1210 g/mol. The van der Waals surface area contributed by atoms with Crippen LogP contribution in [0.2, 0.25) is 10.0 Å². The van der Waals surface area contributed by atoms with Crippen LogP contribution < -0.4 is 30.3 Å². The first kappa shape index (κ1) is 68.7. The van der Waals surface area contributed by atoms with Crippen molar-refractivity contribution in [2.75, 3.05) is 62.2 Å². The summed E-state index contributed by atoms with van der Waals surface area (Å²) in [4.78, 5) is 71.3. The Morgan fingerprint density at radius 1 is 0.614 bits per heavy atom. The number of carboxylic acid groups (broad SMARTS) is 1. The molecule has 4 N–H and O–H groups in total. The van der Waals surface area contributed by atoms with Crippen molar-refractivity contribution in [3.05, 3.63) is 117 Å². The SMILES string of the molecule is C.CC(C)(C)OC(=O)N1CCN(c2ccc(C(=O)O)cn2)CC1.Cl.[C-]#[N+]c1ccc(OC2C(C)(C)C(N)C2(C)C)cc1Cl.[C-]#[N+]c1ccc(OC2C(C)(C)C(NC(=O)c3ccc(N4CCN(C(=O)OC(C)(C)C)CC4)nc3)C2(C)C)cc1Cl. The normalized spacial score (nSPS) is 20.8. The van der Waals surface area contributed by atoms with Gasteiger partial charge in [0.2, 0.25) is 11.4 Å². The Hall–Kier alpha value is -6.77. The van der Waals surface area contributed by atoms with Crippen molar-refractivity contribution in [2.45, 2.75) is 140 Å². The van der Waals surface area contributed by atoms with E-state index in [0.717, 1.165) is 5.82 Å². The van der Waals surface area contributed by atoms with Gasteiger partial charge in [-0.2, -0.15) is 0 Å². The number of amides is 3. The topological polar surface area (TPSA) is 211 Å². The Labute approximate surface area is 506 Å². The van der Waals surface area contributed by atoms with Crippen LogP contribution in [0.3, 0.4) is 0 Å². The number of carbonyl (C=O) groups excluding carboxylic acids is 3. The Bertz CT molecular complexity index is 2970. The van der Waals surface area contributed by atoms with E-state index >= 15 is 0 Å². The number of carboxylic acids is 1. The summed E-state index contributed by atoms with van der Waals surface area (Å²) in [5, 5.41) is 12.8. The summed E-state index contributed by atoms with van der Waals surface area (Å²) in [6.07, 6.45) is 2.19. The van der Waals surface area contributed by atoms with Gasteiger partial charge in [-0.25, -0.2) is 34.0 Å². The van der Waals surface area contributed by atoms with Crippen molar-refractivity contribution in [2.24, 2.45) is 27.4 Å². The van der Waals surface area contributed by atoms with E-state index in [-0.39, 0.29) is 89.4 Å². The van der Waals surface area contributed by atoms with E-state index in [0.29, 0.717) is 96.7 Å². The number of piperazine rings is 2. The van der Waals surface area contributed by atoms with Gasteiger partial charge in [0, 0.05) is 98.5 Å². The molecule has 0 unspecified atom stereocenters. The third-order valence-electron chi connectivity index (χ3n) is 15.2. The molecule has 83 heavy (non-hydrogen) atoms. The molecule has 0 spiro atoms. The predicted octanol–water partition coefficient (Wildman–Crippen LogP) is 12.9. The molecular formula is C61H83Cl3N10O9. The number of hydrogen-bond donors (Lipinski definition) is 3. The summed E-state index contributed by atoms with van der Waals surface area (Å²) in [5.41, 5.74) is 5.79. The number of carbonyl (C=O) groups is 4. The highest BCUT2D eigenvalue weighted by Gasteiger charge is 2.64. The van der Waals surface area contributed by atoms with E-state index in [4.69, 9.17) is 66.1 Å². The highest BCUT2D eigenvalue weighted by molar-refractivity contribution is 6.33. The zero-order valence-electron chi connectivity index (χ0n) is 49.4. The largest absolute Gasteiger partial charge is 0.489 e. The van der Waals surface area contributed by atoms with Crippen molar-refractivity contribution in [3.8, 4) is 11.5 Å². The third kappa shape index (κ3) is 16.3. The van der Waals surface area contributed by atoms with Crippen molar-refractivity contribution >= 4 is 82.7 Å². The molecule has 0 radical (unpaired) electrons. The van der Waals surface area contributed by atoms with Crippen LogP contribution in [0.5, 0.6) is 11.5 Å². The molecule has 22 heteroatoms. The molecule has 4 fully saturated rings. The molecule has 452 valence electrons. The number of nitrogens with zero attached hydrogens (tertiary/aromatic N) is 8. The first-order chi connectivity index (χ1) is 37.6. The number of aromatic nitrogens is 2. The number of ether oxygens (including phenoxy) is 4. The lowest BCUT2D eigenvalue weighted by molar-refractivity contribution is -0.164. The number of anilines is 2. The van der Waals surface area contributed by atoms with E-state index < -0.39 is 17.2 Å². The molecule has 0 atom stereocenters. The maximum absolute atomic E-state index is 13.2. The van der Waals surface area contributed by atoms with Gasteiger partial charge in [0.1, 0.15) is 46.5 Å². The van der Waals surface area contributed by atoms with Gasteiger partial charge < -0.3 is 54.7 Å². The summed E-state index contributed by atoms with van der Waals surface area (Å²) in [7, 11) is 0. The second-order valence-corrected chi connectivity index (χ2v) is 26.0. The standard InChI is InChI=1S/C30H38ClN5O4.C15H19ClN2O.C15H21N3O4.CH4.ClH/c1-28(2,3)40-27(38)36-15-13-35(14-16-36)23-12-9-19(18-33-23)24(37)34-25-29(4,5)26(30(25,6)7)39-20-10-11-22(32-8)21(31)17-20;1-14(2)12(17)15(3,4)13(14)19-9-6-7-11(18-5)10(16)8-9;1-15(2,3)22-14(21)18-8-6-17(7-9-18)12-5-4-11(10-16-12)13(19)20;;/h9-12,17-18,25-26H,13-16H2,1-7H3,(H,34,37);6-8,12-13H,17H2,1-4H3;4-5,10H,6-9H2,1-3H3,(H,19,20);1H4;1H. The Balaban J connectivity index is 0.000000291. The van der Waals surface area contributed by atoms with Crippen LogP contribution in [0.4, 0.5) is 32.6 Å². The second-order valence-electron chi connectivity index (χ2n) is 25.1. The van der Waals surface area contributed by atoms with Crippen LogP contribution in [-0.4, -0.2) is 137 Å². The van der Waals surface area contributed by atoms with Crippen LogP contribution in [0, 0.1) is 34.8 Å². The van der Waals surface area contributed by atoms with Gasteiger partial charge in [0.15, 0.2) is 0 Å². The maximum Gasteiger partial charge on any atom is 0.410 e. The molecule has 2 saturated heterocycles.